The topological polar surface area (TPSA) is 49.4 Å². The van der Waals surface area contributed by atoms with Gasteiger partial charge in [-0.05, 0) is 29.7 Å². The molecule has 2 aromatic rings. The van der Waals surface area contributed by atoms with Crippen LogP contribution in [-0.2, 0) is 23.0 Å². The van der Waals surface area contributed by atoms with Gasteiger partial charge in [-0.1, -0.05) is 36.4 Å². The van der Waals surface area contributed by atoms with E-state index in [1.807, 2.05) is 24.3 Å². The van der Waals surface area contributed by atoms with E-state index in [1.165, 1.54) is 5.56 Å². The van der Waals surface area contributed by atoms with E-state index in [0.717, 1.165) is 12.0 Å². The Bertz CT molecular complexity index is 756. The predicted octanol–water partition coefficient (Wildman–Crippen LogP) is 2.48. The quantitative estimate of drug-likeness (QED) is 0.947. The molecule has 0 amide bonds. The molecule has 0 bridgehead atoms. The van der Waals surface area contributed by atoms with Gasteiger partial charge in [0.25, 0.3) is 0 Å². The van der Waals surface area contributed by atoms with Crippen LogP contribution in [0.25, 0.3) is 0 Å². The standard InChI is InChI=1S/C16H18N2O2S/c1-17-15-8-4-5-9-16(15)21(19,20)18-11-10-13-6-2-3-7-14(13)12-18/h2-9,17H,10-12H2,1H3. The molecule has 0 saturated heterocycles. The Morgan fingerprint density at radius 1 is 1.00 bits per heavy atom. The zero-order chi connectivity index (χ0) is 14.9. The molecule has 3 rings (SSSR count). The first-order valence-electron chi connectivity index (χ1n) is 6.96. The third-order valence-electron chi connectivity index (χ3n) is 3.87. The van der Waals surface area contributed by atoms with Crippen molar-refractivity contribution < 1.29 is 8.42 Å². The van der Waals surface area contributed by atoms with Gasteiger partial charge in [-0.3, -0.25) is 0 Å². The van der Waals surface area contributed by atoms with Gasteiger partial charge in [0.2, 0.25) is 10.0 Å². The molecular formula is C16H18N2O2S. The second-order valence-electron chi connectivity index (χ2n) is 5.10. The largest absolute Gasteiger partial charge is 0.387 e. The SMILES string of the molecule is CNc1ccccc1S(=O)(=O)N1CCc2ccccc2C1. The van der Waals surface area contributed by atoms with Gasteiger partial charge in [0.1, 0.15) is 4.90 Å². The second-order valence-corrected chi connectivity index (χ2v) is 7.01. The van der Waals surface area contributed by atoms with E-state index in [9.17, 15) is 8.42 Å². The first kappa shape index (κ1) is 14.1. The average molecular weight is 302 g/mol. The van der Waals surface area contributed by atoms with Crippen LogP contribution in [0.5, 0.6) is 0 Å². The van der Waals surface area contributed by atoms with Crippen molar-refractivity contribution >= 4 is 15.7 Å². The van der Waals surface area contributed by atoms with E-state index in [0.29, 0.717) is 23.7 Å². The third-order valence-corrected chi connectivity index (χ3v) is 5.77. The van der Waals surface area contributed by atoms with E-state index in [1.54, 1.807) is 29.6 Å². The van der Waals surface area contributed by atoms with Crippen molar-refractivity contribution in [1.29, 1.82) is 0 Å². The summed E-state index contributed by atoms with van der Waals surface area (Å²) in [5, 5.41) is 2.95. The molecule has 110 valence electrons. The van der Waals surface area contributed by atoms with Gasteiger partial charge >= 0.3 is 0 Å². The first-order valence-corrected chi connectivity index (χ1v) is 8.40. The van der Waals surface area contributed by atoms with E-state index in [4.69, 9.17) is 0 Å². The minimum atomic E-state index is -3.48. The summed E-state index contributed by atoms with van der Waals surface area (Å²) in [7, 11) is -1.74. The lowest BCUT2D eigenvalue weighted by molar-refractivity contribution is 0.391. The smallest absolute Gasteiger partial charge is 0.245 e. The number of benzene rings is 2. The molecule has 4 nitrogen and oxygen atoms in total. The molecule has 0 aromatic heterocycles. The summed E-state index contributed by atoms with van der Waals surface area (Å²) in [6, 6.07) is 15.0. The van der Waals surface area contributed by atoms with Crippen molar-refractivity contribution in [1.82, 2.24) is 4.31 Å². The Labute approximate surface area is 125 Å². The van der Waals surface area contributed by atoms with Gasteiger partial charge in [-0.15, -0.1) is 0 Å². The summed E-state index contributed by atoms with van der Waals surface area (Å²) < 4.78 is 27.3. The third kappa shape index (κ3) is 2.54. The number of para-hydroxylation sites is 1. The zero-order valence-electron chi connectivity index (χ0n) is 11.9. The molecule has 0 atom stereocenters. The van der Waals surface area contributed by atoms with Crippen LogP contribution >= 0.6 is 0 Å². The highest BCUT2D eigenvalue weighted by Crippen LogP contribution is 2.28. The van der Waals surface area contributed by atoms with E-state index < -0.39 is 10.0 Å². The number of nitrogens with one attached hydrogen (secondary N) is 1. The number of nitrogens with zero attached hydrogens (tertiary/aromatic N) is 1. The van der Waals surface area contributed by atoms with Crippen LogP contribution in [0, 0.1) is 0 Å². The fourth-order valence-electron chi connectivity index (χ4n) is 2.71. The molecule has 1 aliphatic heterocycles. The first-order chi connectivity index (χ1) is 10.1. The van der Waals surface area contributed by atoms with Crippen LogP contribution in [0.2, 0.25) is 0 Å². The Morgan fingerprint density at radius 3 is 2.43 bits per heavy atom. The Morgan fingerprint density at radius 2 is 1.67 bits per heavy atom. The van der Waals surface area contributed by atoms with Crippen molar-refractivity contribution in [2.24, 2.45) is 0 Å². The van der Waals surface area contributed by atoms with Crippen LogP contribution in [0.1, 0.15) is 11.1 Å². The number of rotatable bonds is 3. The average Bonchev–Trinajstić information content (AvgIpc) is 2.54. The van der Waals surface area contributed by atoms with Gasteiger partial charge in [0.05, 0.1) is 5.69 Å². The highest BCUT2D eigenvalue weighted by atomic mass is 32.2. The Hall–Kier alpha value is -1.85. The predicted molar refractivity (Wildman–Crippen MR) is 83.7 cm³/mol. The van der Waals surface area contributed by atoms with Crippen molar-refractivity contribution in [2.45, 2.75) is 17.9 Å². The molecule has 5 heteroatoms. The summed E-state index contributed by atoms with van der Waals surface area (Å²) in [6.07, 6.45) is 0.761. The van der Waals surface area contributed by atoms with Crippen LogP contribution in [-0.4, -0.2) is 26.3 Å². The maximum Gasteiger partial charge on any atom is 0.245 e. The lowest BCUT2D eigenvalue weighted by atomic mass is 10.0. The summed E-state index contributed by atoms with van der Waals surface area (Å²) in [5.41, 5.74) is 2.97. The summed E-state index contributed by atoms with van der Waals surface area (Å²) in [5.74, 6) is 0. The Kier molecular flexibility index (Phi) is 3.69. The maximum atomic E-state index is 12.9. The molecular weight excluding hydrogens is 284 g/mol. The number of sulfonamides is 1. The molecule has 1 aliphatic rings. The lowest BCUT2D eigenvalue weighted by Crippen LogP contribution is -2.36. The highest BCUT2D eigenvalue weighted by Gasteiger charge is 2.29. The van der Waals surface area contributed by atoms with E-state index in [-0.39, 0.29) is 0 Å². The lowest BCUT2D eigenvalue weighted by Gasteiger charge is -2.28. The summed E-state index contributed by atoms with van der Waals surface area (Å²) in [4.78, 5) is 0.340. The molecule has 0 fully saturated rings. The van der Waals surface area contributed by atoms with Gasteiger partial charge in [-0.2, -0.15) is 4.31 Å². The van der Waals surface area contributed by atoms with E-state index >= 15 is 0 Å². The number of fused-ring (bicyclic) bond motifs is 1. The molecule has 0 unspecified atom stereocenters. The molecule has 0 aliphatic carbocycles. The molecule has 1 N–H and O–H groups in total. The van der Waals surface area contributed by atoms with Crippen molar-refractivity contribution in [3.05, 3.63) is 59.7 Å². The van der Waals surface area contributed by atoms with E-state index in [2.05, 4.69) is 11.4 Å². The maximum absolute atomic E-state index is 12.9. The zero-order valence-corrected chi connectivity index (χ0v) is 12.7. The van der Waals surface area contributed by atoms with Gasteiger partial charge in [0, 0.05) is 20.1 Å². The number of anilines is 1. The van der Waals surface area contributed by atoms with Crippen molar-refractivity contribution in [2.75, 3.05) is 18.9 Å². The molecule has 0 saturated carbocycles. The second kappa shape index (κ2) is 5.50. The number of hydrogen-bond donors (Lipinski definition) is 1. The fraction of sp³-hybridized carbons (Fsp3) is 0.250. The Balaban J connectivity index is 1.97. The monoisotopic (exact) mass is 302 g/mol. The minimum Gasteiger partial charge on any atom is -0.387 e. The van der Waals surface area contributed by atoms with Crippen LogP contribution in [0.15, 0.2) is 53.4 Å². The molecule has 21 heavy (non-hydrogen) atoms. The van der Waals surface area contributed by atoms with Gasteiger partial charge in [0.15, 0.2) is 0 Å². The molecule has 2 aromatic carbocycles. The summed E-state index contributed by atoms with van der Waals surface area (Å²) in [6.45, 7) is 0.966. The summed E-state index contributed by atoms with van der Waals surface area (Å²) >= 11 is 0. The van der Waals surface area contributed by atoms with Gasteiger partial charge < -0.3 is 5.32 Å². The number of hydrogen-bond acceptors (Lipinski definition) is 3. The molecule has 0 radical (unpaired) electrons. The molecule has 1 heterocycles. The fourth-order valence-corrected chi connectivity index (χ4v) is 4.33. The van der Waals surface area contributed by atoms with Crippen LogP contribution in [0.3, 0.4) is 0 Å². The minimum absolute atomic E-state index is 0.340. The molecule has 0 spiro atoms. The highest BCUT2D eigenvalue weighted by molar-refractivity contribution is 7.89. The van der Waals surface area contributed by atoms with Crippen molar-refractivity contribution in [3.63, 3.8) is 0 Å². The normalized spacial score (nSPS) is 15.5. The van der Waals surface area contributed by atoms with Crippen LogP contribution in [0.4, 0.5) is 5.69 Å². The van der Waals surface area contributed by atoms with Crippen molar-refractivity contribution in [3.8, 4) is 0 Å². The van der Waals surface area contributed by atoms with Crippen LogP contribution < -0.4 is 5.32 Å². The van der Waals surface area contributed by atoms with Gasteiger partial charge in [-0.25, -0.2) is 8.42 Å².